The number of rotatable bonds is 4. The van der Waals surface area contributed by atoms with E-state index in [1.165, 1.54) is 16.2 Å². The monoisotopic (exact) mass is 413 g/mol. The van der Waals surface area contributed by atoms with Gasteiger partial charge in [-0.15, -0.1) is 11.3 Å². The minimum absolute atomic E-state index is 0.0823. The number of nitrogens with zero attached hydrogens (tertiary/aromatic N) is 4. The number of thiazole rings is 1. The van der Waals surface area contributed by atoms with E-state index in [4.69, 9.17) is 15.6 Å². The molecule has 0 spiro atoms. The summed E-state index contributed by atoms with van der Waals surface area (Å²) in [6.07, 6.45) is 2.33. The van der Waals surface area contributed by atoms with Crippen molar-refractivity contribution in [3.8, 4) is 11.8 Å². The van der Waals surface area contributed by atoms with Gasteiger partial charge in [0.05, 0.1) is 17.3 Å². The molecule has 29 heavy (non-hydrogen) atoms. The molecular formula is C20H23N5O3S. The van der Waals surface area contributed by atoms with Gasteiger partial charge in [-0.1, -0.05) is 0 Å². The van der Waals surface area contributed by atoms with Gasteiger partial charge < -0.3 is 25.4 Å². The SMILES string of the molecule is N#Cc1cc(N2CCCC2c2csc(N)n2)ccc1OC1CCN(C(=O)O)CC1. The Hall–Kier alpha value is -2.99. The van der Waals surface area contributed by atoms with Crippen LogP contribution < -0.4 is 15.4 Å². The van der Waals surface area contributed by atoms with Crippen molar-refractivity contribution in [3.63, 3.8) is 0 Å². The molecule has 0 saturated carbocycles. The van der Waals surface area contributed by atoms with Crippen LogP contribution in [0.5, 0.6) is 5.75 Å². The molecule has 1 aromatic heterocycles. The molecule has 2 aliphatic rings. The highest BCUT2D eigenvalue weighted by atomic mass is 32.1. The standard InChI is InChI=1S/C20H23N5O3S/c21-11-13-10-14(25-7-1-2-17(25)16-12-29-19(22)23-16)3-4-18(13)28-15-5-8-24(9-6-15)20(26)27/h3-4,10,12,15,17H,1-2,5-9H2,(H2,22,23)(H,26,27). The average Bonchev–Trinajstić information content (AvgIpc) is 3.37. The summed E-state index contributed by atoms with van der Waals surface area (Å²) in [5, 5.41) is 21.3. The van der Waals surface area contributed by atoms with Crippen LogP contribution in [0.1, 0.15) is 43.0 Å². The number of nitrogen functional groups attached to an aromatic ring is 1. The third-order valence-corrected chi connectivity index (χ3v) is 6.25. The predicted octanol–water partition coefficient (Wildman–Crippen LogP) is 3.46. The maximum Gasteiger partial charge on any atom is 0.407 e. The van der Waals surface area contributed by atoms with E-state index in [0.29, 0.717) is 42.4 Å². The fourth-order valence-electron chi connectivity index (χ4n) is 4.07. The molecule has 8 nitrogen and oxygen atoms in total. The van der Waals surface area contributed by atoms with Crippen molar-refractivity contribution in [1.82, 2.24) is 9.88 Å². The first-order valence-electron chi connectivity index (χ1n) is 9.71. The van der Waals surface area contributed by atoms with Gasteiger partial charge in [-0.05, 0) is 31.0 Å². The average molecular weight is 414 g/mol. The van der Waals surface area contributed by atoms with E-state index in [-0.39, 0.29) is 12.1 Å². The van der Waals surface area contributed by atoms with Crippen LogP contribution in [0.15, 0.2) is 23.6 Å². The molecule has 1 amide bonds. The summed E-state index contributed by atoms with van der Waals surface area (Å²) in [4.78, 5) is 19.1. The summed E-state index contributed by atoms with van der Waals surface area (Å²) in [7, 11) is 0. The lowest BCUT2D eigenvalue weighted by Crippen LogP contribution is -2.41. The summed E-state index contributed by atoms with van der Waals surface area (Å²) in [6.45, 7) is 1.80. The Kier molecular flexibility index (Phi) is 5.45. The van der Waals surface area contributed by atoms with Crippen LogP contribution in [0.4, 0.5) is 15.6 Å². The zero-order valence-electron chi connectivity index (χ0n) is 16.0. The predicted molar refractivity (Wildman–Crippen MR) is 110 cm³/mol. The first-order chi connectivity index (χ1) is 14.0. The Bertz CT molecular complexity index is 932. The molecule has 2 aromatic rings. The molecule has 1 atom stereocenters. The molecule has 3 heterocycles. The van der Waals surface area contributed by atoms with E-state index in [0.717, 1.165) is 30.8 Å². The number of nitrogens with two attached hydrogens (primary N) is 1. The van der Waals surface area contributed by atoms with Crippen molar-refractivity contribution in [1.29, 1.82) is 5.26 Å². The zero-order chi connectivity index (χ0) is 20.4. The molecule has 9 heteroatoms. The van der Waals surface area contributed by atoms with Crippen molar-refractivity contribution in [2.45, 2.75) is 37.8 Å². The third kappa shape index (κ3) is 4.07. The number of hydrogen-bond donors (Lipinski definition) is 2. The fourth-order valence-corrected chi connectivity index (χ4v) is 4.68. The molecule has 2 saturated heterocycles. The van der Waals surface area contributed by atoms with E-state index in [9.17, 15) is 10.1 Å². The van der Waals surface area contributed by atoms with Crippen LogP contribution in [0, 0.1) is 11.3 Å². The highest BCUT2D eigenvalue weighted by molar-refractivity contribution is 7.13. The molecule has 1 unspecified atom stereocenters. The Morgan fingerprint density at radius 3 is 2.76 bits per heavy atom. The van der Waals surface area contributed by atoms with Crippen molar-refractivity contribution in [2.24, 2.45) is 0 Å². The van der Waals surface area contributed by atoms with Crippen LogP contribution in [-0.2, 0) is 0 Å². The van der Waals surface area contributed by atoms with E-state index in [1.807, 2.05) is 23.6 Å². The number of hydrogen-bond acceptors (Lipinski definition) is 7. The lowest BCUT2D eigenvalue weighted by molar-refractivity contribution is 0.0893. The van der Waals surface area contributed by atoms with Gasteiger partial charge >= 0.3 is 6.09 Å². The minimum atomic E-state index is -0.896. The Morgan fingerprint density at radius 2 is 2.10 bits per heavy atom. The minimum Gasteiger partial charge on any atom is -0.489 e. The van der Waals surface area contributed by atoms with E-state index in [2.05, 4.69) is 16.0 Å². The van der Waals surface area contributed by atoms with Gasteiger partial charge in [0.15, 0.2) is 5.13 Å². The second kappa shape index (κ2) is 8.17. The number of benzene rings is 1. The number of carbonyl (C=O) groups is 1. The summed E-state index contributed by atoms with van der Waals surface area (Å²) in [5.74, 6) is 0.554. The van der Waals surface area contributed by atoms with E-state index < -0.39 is 6.09 Å². The molecule has 3 N–H and O–H groups in total. The first kappa shape index (κ1) is 19.3. The molecule has 152 valence electrons. The summed E-state index contributed by atoms with van der Waals surface area (Å²) >= 11 is 1.45. The fraction of sp³-hybridized carbons (Fsp3) is 0.450. The number of ether oxygens (including phenoxy) is 1. The molecule has 0 aliphatic carbocycles. The van der Waals surface area contributed by atoms with Crippen molar-refractivity contribution >= 4 is 28.2 Å². The lowest BCUT2D eigenvalue weighted by Gasteiger charge is -2.31. The van der Waals surface area contributed by atoms with Gasteiger partial charge in [-0.2, -0.15) is 5.26 Å². The number of anilines is 2. The maximum atomic E-state index is 11.0. The summed E-state index contributed by atoms with van der Waals surface area (Å²) in [5.41, 5.74) is 8.25. The second-order valence-electron chi connectivity index (χ2n) is 7.34. The third-order valence-electron chi connectivity index (χ3n) is 5.56. The van der Waals surface area contributed by atoms with Gasteiger partial charge in [0, 0.05) is 43.5 Å². The molecule has 4 rings (SSSR count). The van der Waals surface area contributed by atoms with E-state index in [1.54, 1.807) is 0 Å². The van der Waals surface area contributed by atoms with Crippen molar-refractivity contribution < 1.29 is 14.6 Å². The zero-order valence-corrected chi connectivity index (χ0v) is 16.8. The normalized spacial score (nSPS) is 19.9. The topological polar surface area (TPSA) is 116 Å². The van der Waals surface area contributed by atoms with Gasteiger partial charge in [-0.3, -0.25) is 0 Å². The molecule has 1 aromatic carbocycles. The highest BCUT2D eigenvalue weighted by Crippen LogP contribution is 2.38. The highest BCUT2D eigenvalue weighted by Gasteiger charge is 2.29. The number of aromatic nitrogens is 1. The van der Waals surface area contributed by atoms with Crippen LogP contribution >= 0.6 is 11.3 Å². The summed E-state index contributed by atoms with van der Waals surface area (Å²) < 4.78 is 6.05. The number of likely N-dealkylation sites (tertiary alicyclic amines) is 1. The van der Waals surface area contributed by atoms with Crippen LogP contribution in [0.3, 0.4) is 0 Å². The molecule has 0 bridgehead atoms. The second-order valence-corrected chi connectivity index (χ2v) is 8.23. The number of carboxylic acid groups (broad SMARTS) is 1. The van der Waals surface area contributed by atoms with Crippen LogP contribution in [0.25, 0.3) is 0 Å². The Balaban J connectivity index is 1.48. The Labute approximate surface area is 173 Å². The molecular weight excluding hydrogens is 390 g/mol. The van der Waals surface area contributed by atoms with E-state index >= 15 is 0 Å². The number of amides is 1. The van der Waals surface area contributed by atoms with Gasteiger partial charge in [0.2, 0.25) is 0 Å². The quantitative estimate of drug-likeness (QED) is 0.788. The maximum absolute atomic E-state index is 11.0. The van der Waals surface area contributed by atoms with Crippen molar-refractivity contribution in [2.75, 3.05) is 30.3 Å². The van der Waals surface area contributed by atoms with Gasteiger partial charge in [-0.25, -0.2) is 9.78 Å². The molecule has 2 fully saturated rings. The number of piperidine rings is 1. The van der Waals surface area contributed by atoms with Crippen LogP contribution in [0.2, 0.25) is 0 Å². The largest absolute Gasteiger partial charge is 0.489 e. The van der Waals surface area contributed by atoms with Crippen molar-refractivity contribution in [3.05, 3.63) is 34.8 Å². The Morgan fingerprint density at radius 1 is 1.31 bits per heavy atom. The van der Waals surface area contributed by atoms with Gasteiger partial charge in [0.25, 0.3) is 0 Å². The smallest absolute Gasteiger partial charge is 0.407 e. The molecule has 2 aliphatic heterocycles. The summed E-state index contributed by atoms with van der Waals surface area (Å²) in [6, 6.07) is 8.12. The van der Waals surface area contributed by atoms with Crippen LogP contribution in [-0.4, -0.2) is 46.8 Å². The lowest BCUT2D eigenvalue weighted by atomic mass is 10.1. The van der Waals surface area contributed by atoms with Gasteiger partial charge in [0.1, 0.15) is 17.9 Å². The first-order valence-corrected chi connectivity index (χ1v) is 10.6. The molecule has 0 radical (unpaired) electrons. The number of nitriles is 1.